The fraction of sp³-hybridized carbons (Fsp3) is 0.400. The van der Waals surface area contributed by atoms with Crippen LogP contribution in [0.2, 0.25) is 0 Å². The Morgan fingerprint density at radius 1 is 1.37 bits per heavy atom. The lowest BCUT2D eigenvalue weighted by molar-refractivity contribution is 0.0935. The van der Waals surface area contributed by atoms with Gasteiger partial charge in [0.25, 0.3) is 0 Å². The van der Waals surface area contributed by atoms with Crippen LogP contribution >= 0.6 is 15.9 Å². The largest absolute Gasteiger partial charge is 0.376 e. The SMILES string of the molecule is CC1CCOC1C(Br)c1cnn(-c2ccccc2)c1. The predicted octanol–water partition coefficient (Wildman–Crippen LogP) is 3.73. The maximum Gasteiger partial charge on any atom is 0.0768 e. The molecule has 4 heteroatoms. The van der Waals surface area contributed by atoms with E-state index in [0.717, 1.165) is 18.7 Å². The minimum Gasteiger partial charge on any atom is -0.376 e. The molecule has 3 nitrogen and oxygen atoms in total. The monoisotopic (exact) mass is 320 g/mol. The molecule has 0 N–H and O–H groups in total. The van der Waals surface area contributed by atoms with Crippen LogP contribution in [0, 0.1) is 5.92 Å². The van der Waals surface area contributed by atoms with Crippen LogP contribution in [0.1, 0.15) is 23.7 Å². The van der Waals surface area contributed by atoms with Crippen molar-refractivity contribution >= 4 is 15.9 Å². The normalized spacial score (nSPS) is 24.5. The van der Waals surface area contributed by atoms with E-state index in [1.807, 2.05) is 29.1 Å². The molecule has 100 valence electrons. The molecule has 1 aliphatic rings. The molecule has 1 aromatic heterocycles. The summed E-state index contributed by atoms with van der Waals surface area (Å²) >= 11 is 3.76. The van der Waals surface area contributed by atoms with Crippen LogP contribution in [0.5, 0.6) is 0 Å². The first kappa shape index (κ1) is 12.9. The lowest BCUT2D eigenvalue weighted by Gasteiger charge is -2.19. The van der Waals surface area contributed by atoms with Crippen molar-refractivity contribution in [2.24, 2.45) is 5.92 Å². The van der Waals surface area contributed by atoms with Gasteiger partial charge in [-0.25, -0.2) is 4.68 Å². The maximum atomic E-state index is 5.81. The Morgan fingerprint density at radius 3 is 2.84 bits per heavy atom. The van der Waals surface area contributed by atoms with Gasteiger partial charge in [-0.2, -0.15) is 5.10 Å². The molecular weight excluding hydrogens is 304 g/mol. The summed E-state index contributed by atoms with van der Waals surface area (Å²) in [5.41, 5.74) is 2.25. The van der Waals surface area contributed by atoms with Crippen LogP contribution in [0.4, 0.5) is 0 Å². The Kier molecular flexibility index (Phi) is 3.71. The molecule has 2 heterocycles. The molecule has 3 rings (SSSR count). The number of rotatable bonds is 3. The average Bonchev–Trinajstić information content (AvgIpc) is 3.08. The summed E-state index contributed by atoms with van der Waals surface area (Å²) in [5, 5.41) is 4.44. The zero-order valence-corrected chi connectivity index (χ0v) is 12.5. The van der Waals surface area contributed by atoms with Crippen LogP contribution in [-0.2, 0) is 4.74 Å². The number of hydrogen-bond acceptors (Lipinski definition) is 2. The van der Waals surface area contributed by atoms with E-state index in [1.54, 1.807) is 0 Å². The number of aromatic nitrogens is 2. The minimum atomic E-state index is 0.211. The summed E-state index contributed by atoms with van der Waals surface area (Å²) in [6.45, 7) is 3.11. The van der Waals surface area contributed by atoms with Gasteiger partial charge in [-0.15, -0.1) is 0 Å². The van der Waals surface area contributed by atoms with E-state index in [4.69, 9.17) is 4.74 Å². The minimum absolute atomic E-state index is 0.211. The van der Waals surface area contributed by atoms with Crippen molar-refractivity contribution in [3.63, 3.8) is 0 Å². The first-order valence-corrected chi connectivity index (χ1v) is 7.53. The summed E-state index contributed by atoms with van der Waals surface area (Å²) in [6.07, 6.45) is 5.37. The van der Waals surface area contributed by atoms with Crippen LogP contribution in [-0.4, -0.2) is 22.5 Å². The van der Waals surface area contributed by atoms with Crippen molar-refractivity contribution in [3.05, 3.63) is 48.3 Å². The van der Waals surface area contributed by atoms with Crippen molar-refractivity contribution < 1.29 is 4.74 Å². The quantitative estimate of drug-likeness (QED) is 0.806. The zero-order valence-electron chi connectivity index (χ0n) is 10.9. The molecule has 0 bridgehead atoms. The topological polar surface area (TPSA) is 27.1 Å². The van der Waals surface area contributed by atoms with E-state index in [-0.39, 0.29) is 10.9 Å². The number of ether oxygens (including phenoxy) is 1. The van der Waals surface area contributed by atoms with Crippen molar-refractivity contribution in [3.8, 4) is 5.69 Å². The Hall–Kier alpha value is -1.13. The van der Waals surface area contributed by atoms with Crippen LogP contribution < -0.4 is 0 Å². The first-order valence-electron chi connectivity index (χ1n) is 6.61. The molecule has 3 atom stereocenters. The highest BCUT2D eigenvalue weighted by molar-refractivity contribution is 9.09. The van der Waals surface area contributed by atoms with Gasteiger partial charge in [-0.05, 0) is 24.5 Å². The second-order valence-electron chi connectivity index (χ2n) is 5.06. The summed E-state index contributed by atoms with van der Waals surface area (Å²) in [4.78, 5) is 0.211. The Bertz CT molecular complexity index is 540. The molecule has 0 spiro atoms. The summed E-state index contributed by atoms with van der Waals surface area (Å²) in [6, 6.07) is 10.1. The molecule has 0 aliphatic carbocycles. The van der Waals surface area contributed by atoms with Crippen LogP contribution in [0.3, 0.4) is 0 Å². The Balaban J connectivity index is 1.81. The van der Waals surface area contributed by atoms with Crippen molar-refractivity contribution in [1.82, 2.24) is 9.78 Å². The third-order valence-corrected chi connectivity index (χ3v) is 4.72. The molecule has 0 saturated carbocycles. The first-order chi connectivity index (χ1) is 9.25. The van der Waals surface area contributed by atoms with Crippen molar-refractivity contribution in [2.75, 3.05) is 6.61 Å². The summed E-state index contributed by atoms with van der Waals surface area (Å²) in [7, 11) is 0. The van der Waals surface area contributed by atoms with Gasteiger partial charge < -0.3 is 4.74 Å². The maximum absolute atomic E-state index is 5.81. The van der Waals surface area contributed by atoms with Gasteiger partial charge in [0, 0.05) is 18.4 Å². The van der Waals surface area contributed by atoms with Gasteiger partial charge in [0.15, 0.2) is 0 Å². The molecule has 1 fully saturated rings. The van der Waals surface area contributed by atoms with Gasteiger partial charge in [-0.1, -0.05) is 41.1 Å². The third-order valence-electron chi connectivity index (χ3n) is 3.67. The standard InChI is InChI=1S/C15H17BrN2O/c1-11-7-8-19-15(11)14(16)12-9-17-18(10-12)13-5-3-2-4-6-13/h2-6,9-11,14-15H,7-8H2,1H3. The predicted molar refractivity (Wildman–Crippen MR) is 78.8 cm³/mol. The lowest BCUT2D eigenvalue weighted by atomic mass is 9.99. The molecule has 19 heavy (non-hydrogen) atoms. The van der Waals surface area contributed by atoms with E-state index in [1.165, 1.54) is 5.56 Å². The molecule has 0 radical (unpaired) electrons. The highest BCUT2D eigenvalue weighted by atomic mass is 79.9. The highest BCUT2D eigenvalue weighted by Gasteiger charge is 2.32. The number of benzene rings is 1. The summed E-state index contributed by atoms with van der Waals surface area (Å²) < 4.78 is 7.72. The molecule has 0 amide bonds. The van der Waals surface area contributed by atoms with E-state index >= 15 is 0 Å². The van der Waals surface area contributed by atoms with Gasteiger partial charge in [-0.3, -0.25) is 0 Å². The van der Waals surface area contributed by atoms with Crippen LogP contribution in [0.15, 0.2) is 42.7 Å². The third kappa shape index (κ3) is 2.60. The second kappa shape index (κ2) is 5.47. The molecular formula is C15H17BrN2O. The fourth-order valence-corrected chi connectivity index (χ4v) is 3.39. The highest BCUT2D eigenvalue weighted by Crippen LogP contribution is 2.37. The average molecular weight is 321 g/mol. The lowest BCUT2D eigenvalue weighted by Crippen LogP contribution is -2.18. The second-order valence-corrected chi connectivity index (χ2v) is 6.04. The van der Waals surface area contributed by atoms with E-state index in [0.29, 0.717) is 5.92 Å². The smallest absolute Gasteiger partial charge is 0.0768 e. The van der Waals surface area contributed by atoms with E-state index in [2.05, 4.69) is 46.3 Å². The zero-order chi connectivity index (χ0) is 13.2. The number of halogens is 1. The number of nitrogens with zero attached hydrogens (tertiary/aromatic N) is 2. The van der Waals surface area contributed by atoms with E-state index < -0.39 is 0 Å². The molecule has 2 aromatic rings. The molecule has 1 aliphatic heterocycles. The van der Waals surface area contributed by atoms with E-state index in [9.17, 15) is 0 Å². The van der Waals surface area contributed by atoms with Gasteiger partial charge in [0.05, 0.1) is 22.8 Å². The summed E-state index contributed by atoms with van der Waals surface area (Å²) in [5.74, 6) is 0.587. The Morgan fingerprint density at radius 2 is 2.16 bits per heavy atom. The van der Waals surface area contributed by atoms with Crippen molar-refractivity contribution in [1.29, 1.82) is 0 Å². The van der Waals surface area contributed by atoms with Gasteiger partial charge >= 0.3 is 0 Å². The number of hydrogen-bond donors (Lipinski definition) is 0. The van der Waals surface area contributed by atoms with Gasteiger partial charge in [0.1, 0.15) is 0 Å². The number of alkyl halides is 1. The molecule has 1 saturated heterocycles. The fourth-order valence-electron chi connectivity index (χ4n) is 2.48. The van der Waals surface area contributed by atoms with Crippen LogP contribution in [0.25, 0.3) is 5.69 Å². The number of para-hydroxylation sites is 1. The Labute approximate surface area is 121 Å². The molecule has 3 unspecified atom stereocenters. The van der Waals surface area contributed by atoms with Crippen molar-refractivity contribution in [2.45, 2.75) is 24.3 Å². The molecule has 1 aromatic carbocycles. The van der Waals surface area contributed by atoms with Gasteiger partial charge in [0.2, 0.25) is 0 Å².